The average molecular weight is 369 g/mol. The molecule has 1 aliphatic carbocycles. The summed E-state index contributed by atoms with van der Waals surface area (Å²) < 4.78 is 6.66. The number of carbonyl (C=O) groups excluding carboxylic acids is 1. The molecule has 1 amide bonds. The number of thiazole rings is 1. The molecular weight excluding hydrogens is 344 g/mol. The first-order valence-electron chi connectivity index (χ1n) is 9.48. The molecule has 1 fully saturated rings. The van der Waals surface area contributed by atoms with Crippen molar-refractivity contribution in [2.45, 2.75) is 52.0 Å². The van der Waals surface area contributed by atoms with E-state index in [2.05, 4.69) is 25.1 Å². The summed E-state index contributed by atoms with van der Waals surface area (Å²) in [5.74, 6) is 1.09. The third kappa shape index (κ3) is 3.54. The highest BCUT2D eigenvalue weighted by molar-refractivity contribution is 7.22. The summed E-state index contributed by atoms with van der Waals surface area (Å²) in [7, 11) is 0. The molecule has 0 bridgehead atoms. The van der Waals surface area contributed by atoms with Gasteiger partial charge < -0.3 is 4.42 Å². The summed E-state index contributed by atoms with van der Waals surface area (Å²) in [5, 5.41) is 0.778. The van der Waals surface area contributed by atoms with Crippen LogP contribution in [0.3, 0.4) is 0 Å². The van der Waals surface area contributed by atoms with E-state index in [0.29, 0.717) is 6.54 Å². The summed E-state index contributed by atoms with van der Waals surface area (Å²) in [5.41, 5.74) is 2.26. The van der Waals surface area contributed by atoms with E-state index in [4.69, 9.17) is 9.40 Å². The maximum atomic E-state index is 13.3. The number of anilines is 1. The van der Waals surface area contributed by atoms with E-state index >= 15 is 0 Å². The Hall–Kier alpha value is -2.14. The summed E-state index contributed by atoms with van der Waals surface area (Å²) in [6.07, 6.45) is 8.15. The first-order chi connectivity index (χ1) is 12.7. The number of benzene rings is 1. The van der Waals surface area contributed by atoms with Crippen LogP contribution in [0, 0.1) is 5.92 Å². The van der Waals surface area contributed by atoms with Crippen molar-refractivity contribution in [3.05, 3.63) is 47.9 Å². The third-order valence-electron chi connectivity index (χ3n) is 5.20. The number of fused-ring (bicyclic) bond motifs is 1. The molecule has 1 saturated carbocycles. The van der Waals surface area contributed by atoms with E-state index in [1.165, 1.54) is 12.0 Å². The van der Waals surface area contributed by atoms with Crippen molar-refractivity contribution in [3.8, 4) is 0 Å². The molecule has 2 aromatic heterocycles. The number of furan rings is 1. The van der Waals surface area contributed by atoms with Crippen molar-refractivity contribution in [1.82, 2.24) is 4.98 Å². The van der Waals surface area contributed by atoms with E-state index in [-0.39, 0.29) is 11.8 Å². The molecule has 0 saturated heterocycles. The normalized spacial score (nSPS) is 15.4. The molecule has 1 aliphatic rings. The minimum absolute atomic E-state index is 0.108. The molecular formula is C21H24N2O2S. The molecule has 3 aromatic rings. The lowest BCUT2D eigenvalue weighted by atomic mass is 9.88. The number of hydrogen-bond acceptors (Lipinski definition) is 4. The lowest BCUT2D eigenvalue weighted by molar-refractivity contribution is -0.123. The van der Waals surface area contributed by atoms with Crippen LogP contribution in [-0.4, -0.2) is 10.9 Å². The van der Waals surface area contributed by atoms with E-state index in [1.807, 2.05) is 17.0 Å². The van der Waals surface area contributed by atoms with Crippen molar-refractivity contribution >= 4 is 32.6 Å². The second-order valence-corrected chi connectivity index (χ2v) is 8.00. The van der Waals surface area contributed by atoms with Crippen LogP contribution in [0.5, 0.6) is 0 Å². The molecule has 26 heavy (non-hydrogen) atoms. The number of carbonyl (C=O) groups is 1. The van der Waals surface area contributed by atoms with Crippen molar-refractivity contribution < 1.29 is 9.21 Å². The van der Waals surface area contributed by atoms with Gasteiger partial charge in [0, 0.05) is 5.92 Å². The lowest BCUT2D eigenvalue weighted by Crippen LogP contribution is -2.36. The van der Waals surface area contributed by atoms with Gasteiger partial charge in [-0.2, -0.15) is 0 Å². The molecule has 1 aromatic carbocycles. The fourth-order valence-corrected chi connectivity index (χ4v) is 4.69. The zero-order valence-corrected chi connectivity index (χ0v) is 15.9. The second kappa shape index (κ2) is 7.62. The van der Waals surface area contributed by atoms with Crippen LogP contribution in [-0.2, 0) is 17.8 Å². The monoisotopic (exact) mass is 368 g/mol. The van der Waals surface area contributed by atoms with E-state index < -0.39 is 0 Å². The maximum absolute atomic E-state index is 13.3. The van der Waals surface area contributed by atoms with Gasteiger partial charge in [-0.15, -0.1) is 0 Å². The fourth-order valence-electron chi connectivity index (χ4n) is 3.66. The molecule has 0 radical (unpaired) electrons. The van der Waals surface area contributed by atoms with Gasteiger partial charge in [0.1, 0.15) is 5.76 Å². The molecule has 0 spiro atoms. The summed E-state index contributed by atoms with van der Waals surface area (Å²) in [6.45, 7) is 2.60. The standard InChI is InChI=1S/C21H24N2O2S/c1-2-15-10-11-18-19(13-15)26-21(22-18)23(14-17-9-6-12-25-17)20(24)16-7-4-3-5-8-16/h6,9-13,16H,2-5,7-8,14H2,1H3. The largest absolute Gasteiger partial charge is 0.467 e. The van der Waals surface area contributed by atoms with E-state index in [1.54, 1.807) is 17.6 Å². The highest BCUT2D eigenvalue weighted by Crippen LogP contribution is 2.34. The quantitative estimate of drug-likeness (QED) is 0.592. The van der Waals surface area contributed by atoms with Gasteiger partial charge in [-0.05, 0) is 49.1 Å². The topological polar surface area (TPSA) is 46.3 Å². The van der Waals surface area contributed by atoms with Gasteiger partial charge in [-0.1, -0.05) is 43.6 Å². The highest BCUT2D eigenvalue weighted by atomic mass is 32.1. The molecule has 0 N–H and O–H groups in total. The van der Waals surface area contributed by atoms with Crippen LogP contribution in [0.4, 0.5) is 5.13 Å². The second-order valence-electron chi connectivity index (χ2n) is 6.99. The van der Waals surface area contributed by atoms with Crippen molar-refractivity contribution in [2.75, 3.05) is 4.90 Å². The van der Waals surface area contributed by atoms with Gasteiger partial charge in [0.2, 0.25) is 5.91 Å². The molecule has 4 rings (SSSR count). The number of amides is 1. The van der Waals surface area contributed by atoms with Gasteiger partial charge >= 0.3 is 0 Å². The van der Waals surface area contributed by atoms with Gasteiger partial charge in [-0.3, -0.25) is 9.69 Å². The smallest absolute Gasteiger partial charge is 0.232 e. The molecule has 0 atom stereocenters. The Labute approximate surface area is 157 Å². The minimum Gasteiger partial charge on any atom is -0.467 e. The van der Waals surface area contributed by atoms with Crippen LogP contribution >= 0.6 is 11.3 Å². The Morgan fingerprint density at radius 1 is 1.27 bits per heavy atom. The summed E-state index contributed by atoms with van der Waals surface area (Å²) in [6, 6.07) is 10.1. The van der Waals surface area contributed by atoms with Gasteiger partial charge in [0.05, 0.1) is 23.0 Å². The summed E-state index contributed by atoms with van der Waals surface area (Å²) >= 11 is 1.60. The molecule has 5 heteroatoms. The first-order valence-corrected chi connectivity index (χ1v) is 10.3. The van der Waals surface area contributed by atoms with Crippen LogP contribution < -0.4 is 4.90 Å². The molecule has 2 heterocycles. The van der Waals surface area contributed by atoms with Crippen molar-refractivity contribution in [1.29, 1.82) is 0 Å². The predicted octanol–water partition coefficient (Wildman–Crippen LogP) is 5.57. The van der Waals surface area contributed by atoms with Gasteiger partial charge in [0.15, 0.2) is 5.13 Å². The van der Waals surface area contributed by atoms with Gasteiger partial charge in [0.25, 0.3) is 0 Å². The third-order valence-corrected chi connectivity index (χ3v) is 6.24. The Morgan fingerprint density at radius 3 is 2.85 bits per heavy atom. The maximum Gasteiger partial charge on any atom is 0.232 e. The Bertz CT molecular complexity index is 879. The number of aromatic nitrogens is 1. The van der Waals surface area contributed by atoms with Crippen LogP contribution in [0.1, 0.15) is 50.4 Å². The van der Waals surface area contributed by atoms with Crippen molar-refractivity contribution in [2.24, 2.45) is 5.92 Å². The zero-order chi connectivity index (χ0) is 17.9. The predicted molar refractivity (Wildman–Crippen MR) is 105 cm³/mol. The van der Waals surface area contributed by atoms with Gasteiger partial charge in [-0.25, -0.2) is 4.98 Å². The SMILES string of the molecule is CCc1ccc2nc(N(Cc3ccco3)C(=O)C3CCCCC3)sc2c1. The Balaban J connectivity index is 1.68. The number of rotatable bonds is 5. The fraction of sp³-hybridized carbons (Fsp3) is 0.429. The number of hydrogen-bond donors (Lipinski definition) is 0. The molecule has 0 unspecified atom stereocenters. The molecule has 136 valence electrons. The Morgan fingerprint density at radius 2 is 2.12 bits per heavy atom. The minimum atomic E-state index is 0.108. The highest BCUT2D eigenvalue weighted by Gasteiger charge is 2.29. The molecule has 0 aliphatic heterocycles. The van der Waals surface area contributed by atoms with Crippen LogP contribution in [0.2, 0.25) is 0 Å². The van der Waals surface area contributed by atoms with E-state index in [0.717, 1.165) is 53.2 Å². The van der Waals surface area contributed by atoms with Crippen molar-refractivity contribution in [3.63, 3.8) is 0 Å². The number of aryl methyl sites for hydroxylation is 1. The Kier molecular flexibility index (Phi) is 5.07. The zero-order valence-electron chi connectivity index (χ0n) is 15.1. The number of nitrogens with zero attached hydrogens (tertiary/aromatic N) is 2. The van der Waals surface area contributed by atoms with Crippen LogP contribution in [0.25, 0.3) is 10.2 Å². The average Bonchev–Trinajstić information content (AvgIpc) is 3.34. The van der Waals surface area contributed by atoms with Crippen LogP contribution in [0.15, 0.2) is 41.0 Å². The van der Waals surface area contributed by atoms with E-state index in [9.17, 15) is 4.79 Å². The lowest BCUT2D eigenvalue weighted by Gasteiger charge is -2.27. The first kappa shape index (κ1) is 17.3. The molecule has 4 nitrogen and oxygen atoms in total. The summed E-state index contributed by atoms with van der Waals surface area (Å²) in [4.78, 5) is 19.9.